The quantitative estimate of drug-likeness (QED) is 0.0946. The number of rotatable bonds is 13. The predicted molar refractivity (Wildman–Crippen MR) is 130 cm³/mol. The summed E-state index contributed by atoms with van der Waals surface area (Å²) in [4.78, 5) is 0. The van der Waals surface area contributed by atoms with E-state index < -0.39 is 26.2 Å². The third kappa shape index (κ3) is 19.5. The Morgan fingerprint density at radius 2 is 1.15 bits per heavy atom. The van der Waals surface area contributed by atoms with E-state index in [4.69, 9.17) is 5.26 Å². The minimum absolute atomic E-state index is 0.765. The van der Waals surface area contributed by atoms with E-state index in [1.807, 2.05) is 12.1 Å². The van der Waals surface area contributed by atoms with Crippen LogP contribution in [0.2, 0.25) is 13.3 Å². The van der Waals surface area contributed by atoms with Gasteiger partial charge in [0.15, 0.2) is 0 Å². The van der Waals surface area contributed by atoms with Crippen molar-refractivity contribution in [2.24, 2.45) is 0 Å². The molecule has 0 aliphatic heterocycles. The maximum absolute atomic E-state index is 10.7. The van der Waals surface area contributed by atoms with Gasteiger partial charge in [0.25, 0.3) is 0 Å². The first-order valence-electron chi connectivity index (χ1n) is 11.7. The van der Waals surface area contributed by atoms with Gasteiger partial charge in [-0.25, -0.2) is 0 Å². The molecule has 0 amide bonds. The van der Waals surface area contributed by atoms with Gasteiger partial charge in [0.2, 0.25) is 0 Å². The molecule has 0 fully saturated rings. The Hall–Kier alpha value is -0.521. The summed E-state index contributed by atoms with van der Waals surface area (Å²) in [6.07, 6.45) is 8.38. The van der Waals surface area contributed by atoms with E-state index in [0.717, 1.165) is 16.6 Å². The number of halogens is 6. The maximum atomic E-state index is 9.87. The summed E-state index contributed by atoms with van der Waals surface area (Å²) in [5.41, 5.74) is 2.14. The first-order chi connectivity index (χ1) is 14.8. The molecule has 0 aliphatic carbocycles. The Morgan fingerprint density at radius 1 is 0.788 bits per heavy atom. The normalized spacial score (nSPS) is 14.5. The zero-order chi connectivity index (χ0) is 25.9. The Labute approximate surface area is 200 Å². The van der Waals surface area contributed by atoms with E-state index in [2.05, 4.69) is 53.1 Å². The second-order valence-corrected chi connectivity index (χ2v) is 25.5. The van der Waals surface area contributed by atoms with Crippen LogP contribution in [0.5, 0.6) is 0 Å². The van der Waals surface area contributed by atoms with Crippen molar-refractivity contribution in [3.63, 3.8) is 0 Å². The van der Waals surface area contributed by atoms with Crippen LogP contribution in [0.25, 0.3) is 0 Å². The van der Waals surface area contributed by atoms with Gasteiger partial charge >= 0.3 is 200 Å². The molecule has 0 unspecified atom stereocenters. The fraction of sp³-hybridized carbons (Fsp3) is 0.696. The number of hydrogen-bond donors (Lipinski definition) is 0. The van der Waals surface area contributed by atoms with Crippen LogP contribution in [0.3, 0.4) is 0 Å². The van der Waals surface area contributed by atoms with Crippen molar-refractivity contribution in [1.29, 1.82) is 5.26 Å². The molecule has 1 aromatic carbocycles. The number of nitrogens with zero attached hydrogens (tertiary/aromatic N) is 2. The minimum atomic E-state index is -10.7. The van der Waals surface area contributed by atoms with Crippen LogP contribution in [0.4, 0.5) is 25.2 Å². The van der Waals surface area contributed by atoms with Crippen LogP contribution >= 0.6 is 7.81 Å². The number of unbranched alkanes of at least 4 members (excludes halogenated alkanes) is 3. The van der Waals surface area contributed by atoms with Crippen molar-refractivity contribution in [3.8, 4) is 6.07 Å². The predicted octanol–water partition coefficient (Wildman–Crippen LogP) is 9.91. The summed E-state index contributed by atoms with van der Waals surface area (Å²) in [7, 11) is -5.78. The molecular formula is C23H41F6N2PSn. The Kier molecular flexibility index (Phi) is 12.2. The van der Waals surface area contributed by atoms with Gasteiger partial charge in [0, 0.05) is 0 Å². The van der Waals surface area contributed by atoms with Crippen molar-refractivity contribution in [3.05, 3.63) is 35.4 Å². The summed E-state index contributed by atoms with van der Waals surface area (Å²) < 4.78 is 66.5. The van der Waals surface area contributed by atoms with E-state index >= 15 is 0 Å². The molecule has 0 aliphatic rings. The summed E-state index contributed by atoms with van der Waals surface area (Å²) in [5.74, 6) is 0. The van der Waals surface area contributed by atoms with E-state index in [9.17, 15) is 25.2 Å². The van der Waals surface area contributed by atoms with E-state index in [-0.39, 0.29) is 0 Å². The molecule has 0 spiro atoms. The third-order valence-electron chi connectivity index (χ3n) is 5.64. The van der Waals surface area contributed by atoms with Gasteiger partial charge in [0.05, 0.1) is 0 Å². The third-order valence-corrected chi connectivity index (χ3v) is 22.1. The molecule has 10 heteroatoms. The van der Waals surface area contributed by atoms with Gasteiger partial charge in [-0.1, -0.05) is 0 Å². The van der Waals surface area contributed by atoms with Crippen molar-refractivity contribution >= 4 is 26.2 Å². The second-order valence-electron chi connectivity index (χ2n) is 9.83. The molecule has 0 radical (unpaired) electrons. The molecule has 2 nitrogen and oxygen atoms in total. The number of benzene rings is 1. The topological polar surface area (TPSA) is 23.8 Å². The Morgan fingerprint density at radius 3 is 1.45 bits per heavy atom. The van der Waals surface area contributed by atoms with Crippen molar-refractivity contribution < 1.29 is 29.7 Å². The van der Waals surface area contributed by atoms with Crippen molar-refractivity contribution in [2.75, 3.05) is 18.7 Å². The van der Waals surface area contributed by atoms with Gasteiger partial charge in [-0.3, -0.25) is 0 Å². The molecule has 0 atom stereocenters. The van der Waals surface area contributed by atoms with Crippen LogP contribution < -0.4 is 0 Å². The number of quaternary nitrogens is 1. The van der Waals surface area contributed by atoms with E-state index in [1.165, 1.54) is 48.6 Å². The van der Waals surface area contributed by atoms with E-state index in [1.54, 1.807) is 13.3 Å². The molecule has 0 saturated carbocycles. The van der Waals surface area contributed by atoms with Crippen LogP contribution in [-0.2, 0) is 6.54 Å². The molecule has 0 saturated heterocycles. The first-order valence-corrected chi connectivity index (χ1v) is 21.8. The molecule has 0 bridgehead atoms. The molecule has 1 rings (SSSR count). The average Bonchev–Trinajstić information content (AvgIpc) is 2.66. The monoisotopic (exact) mass is 610 g/mol. The van der Waals surface area contributed by atoms with Gasteiger partial charge in [0.1, 0.15) is 0 Å². The summed E-state index contributed by atoms with van der Waals surface area (Å²) in [6.45, 7) is 8.15. The van der Waals surface area contributed by atoms with Crippen LogP contribution in [0.15, 0.2) is 24.3 Å². The summed E-state index contributed by atoms with van der Waals surface area (Å²) in [6, 6.07) is 10.5. The number of nitriles is 1. The molecule has 1 aromatic rings. The standard InChI is InChI=1S/C11H14N2.3C4H9.F6P.Sn/c1-13(2,3)9-11-6-4-10(8-12)5-7-11;3*1-3-4-2;1-7(2,3,4,5)6;/h4-7H,1,9H2,2-3H3;3*1,3-4H2,2H3;;/q+1;;;;-1;. The zero-order valence-corrected chi connectivity index (χ0v) is 24.4. The van der Waals surface area contributed by atoms with Gasteiger partial charge in [-0.2, -0.15) is 0 Å². The molecule has 0 N–H and O–H groups in total. The Balaban J connectivity index is 0.00000126. The summed E-state index contributed by atoms with van der Waals surface area (Å²) >= 11 is -2.13. The van der Waals surface area contributed by atoms with Crippen molar-refractivity contribution in [2.45, 2.75) is 79.2 Å². The Bertz CT molecular complexity index is 710. The SMILES string of the molecule is CCC[CH2][Sn]([CH2]CCC)([CH2]CCC)[CH2][N+](C)(C)Cc1ccc(C#N)cc1.F[P-](F)(F)(F)(F)F. The summed E-state index contributed by atoms with van der Waals surface area (Å²) in [5, 5.41) is 9.02. The fourth-order valence-electron chi connectivity index (χ4n) is 4.41. The molecule has 0 aromatic heterocycles. The molecular weight excluding hydrogens is 568 g/mol. The zero-order valence-electron chi connectivity index (χ0n) is 20.7. The first kappa shape index (κ1) is 32.5. The molecule has 194 valence electrons. The van der Waals surface area contributed by atoms with Crippen LogP contribution in [-0.4, -0.2) is 41.5 Å². The van der Waals surface area contributed by atoms with E-state index in [0.29, 0.717) is 0 Å². The van der Waals surface area contributed by atoms with Crippen molar-refractivity contribution in [1.82, 2.24) is 0 Å². The average molecular weight is 609 g/mol. The molecule has 33 heavy (non-hydrogen) atoms. The van der Waals surface area contributed by atoms with Crippen LogP contribution in [0, 0.1) is 11.3 Å². The second kappa shape index (κ2) is 12.4. The van der Waals surface area contributed by atoms with Gasteiger partial charge < -0.3 is 0 Å². The molecule has 0 heterocycles. The van der Waals surface area contributed by atoms with Gasteiger partial charge in [-0.15, -0.1) is 0 Å². The number of hydrogen-bond acceptors (Lipinski definition) is 1. The van der Waals surface area contributed by atoms with Gasteiger partial charge in [-0.05, 0) is 0 Å². The van der Waals surface area contributed by atoms with Crippen LogP contribution in [0.1, 0.15) is 70.4 Å². The fourth-order valence-corrected chi connectivity index (χ4v) is 22.9.